The zero-order valence-corrected chi connectivity index (χ0v) is 23.2. The average molecular weight is 569 g/mol. The van der Waals surface area contributed by atoms with E-state index in [9.17, 15) is 18.0 Å². The Labute approximate surface area is 238 Å². The number of hydrogen-bond acceptors (Lipinski definition) is 6. The molecule has 1 aromatic carbocycles. The van der Waals surface area contributed by atoms with Crippen LogP contribution in [-0.2, 0) is 15.7 Å². The molecule has 0 spiro atoms. The molecule has 1 fully saturated rings. The van der Waals surface area contributed by atoms with Crippen LogP contribution in [-0.4, -0.2) is 60.3 Å². The highest BCUT2D eigenvalue weighted by molar-refractivity contribution is 6.01. The Bertz CT molecular complexity index is 1300. The van der Waals surface area contributed by atoms with Crippen molar-refractivity contribution in [2.75, 3.05) is 32.9 Å². The first-order chi connectivity index (χ1) is 19.7. The molecule has 7 nitrogen and oxygen atoms in total. The van der Waals surface area contributed by atoms with E-state index in [1.807, 2.05) is 24.0 Å². The number of nitrogens with zero attached hydrogens (tertiary/aromatic N) is 3. The number of amides is 1. The number of pyridine rings is 1. The van der Waals surface area contributed by atoms with E-state index in [0.717, 1.165) is 61.1 Å². The Kier molecular flexibility index (Phi) is 10.2. The number of alkyl halides is 3. The summed E-state index contributed by atoms with van der Waals surface area (Å²) >= 11 is 0. The molecule has 218 valence electrons. The van der Waals surface area contributed by atoms with Crippen molar-refractivity contribution in [3.8, 4) is 12.3 Å². The van der Waals surface area contributed by atoms with Crippen LogP contribution in [0.2, 0.25) is 0 Å². The van der Waals surface area contributed by atoms with Crippen molar-refractivity contribution in [3.63, 3.8) is 0 Å². The fraction of sp³-hybridized carbons (Fsp3) is 0.452. The maximum atomic E-state index is 13.7. The van der Waals surface area contributed by atoms with Crippen LogP contribution in [0.1, 0.15) is 66.9 Å². The number of hydrogen-bond donors (Lipinski definition) is 1. The van der Waals surface area contributed by atoms with Crippen molar-refractivity contribution >= 4 is 17.4 Å². The number of aromatic nitrogens is 1. The lowest BCUT2D eigenvalue weighted by molar-refractivity contribution is -0.137. The molecule has 0 saturated carbocycles. The Morgan fingerprint density at radius 3 is 2.66 bits per heavy atom. The van der Waals surface area contributed by atoms with Gasteiger partial charge >= 0.3 is 6.18 Å². The van der Waals surface area contributed by atoms with Crippen LogP contribution in [0, 0.1) is 12.3 Å². The van der Waals surface area contributed by atoms with E-state index >= 15 is 0 Å². The van der Waals surface area contributed by atoms with Crippen molar-refractivity contribution in [1.29, 1.82) is 0 Å². The molecule has 2 aliphatic rings. The standard InChI is InChI=1S/C31H35F3N4O3/c1-3-4-5-6-7-8-17-41-29-30(38-15-18-40-19-16-38,21-27(23(2)36-29)25-12-10-14-35-22-25)37-28(39)24-11-9-13-26(20-24)31(32,33)34/h1,9-14,20,22H,4-8,15-19,21H2,2H3,(H,37,39). The Balaban J connectivity index is 1.70. The average Bonchev–Trinajstić information content (AvgIpc) is 2.98. The molecule has 0 aliphatic carbocycles. The van der Waals surface area contributed by atoms with Crippen molar-refractivity contribution in [1.82, 2.24) is 15.2 Å². The summed E-state index contributed by atoms with van der Waals surface area (Å²) in [4.78, 5) is 24.8. The van der Waals surface area contributed by atoms with Gasteiger partial charge in [-0.1, -0.05) is 25.0 Å². The molecule has 3 heterocycles. The van der Waals surface area contributed by atoms with Gasteiger partial charge in [0.15, 0.2) is 5.66 Å². The van der Waals surface area contributed by atoms with E-state index in [2.05, 4.69) is 16.2 Å². The minimum Gasteiger partial charge on any atom is -0.478 e. The summed E-state index contributed by atoms with van der Waals surface area (Å²) in [6, 6.07) is 8.16. The van der Waals surface area contributed by atoms with Crippen LogP contribution < -0.4 is 5.32 Å². The molecule has 10 heteroatoms. The van der Waals surface area contributed by atoms with Crippen LogP contribution in [0.5, 0.6) is 0 Å². The van der Waals surface area contributed by atoms with Crippen LogP contribution in [0.15, 0.2) is 59.5 Å². The van der Waals surface area contributed by atoms with Gasteiger partial charge in [-0.15, -0.1) is 12.3 Å². The summed E-state index contributed by atoms with van der Waals surface area (Å²) in [5, 5.41) is 3.07. The van der Waals surface area contributed by atoms with Gasteiger partial charge in [0.05, 0.1) is 25.4 Å². The number of rotatable bonds is 10. The number of allylic oxidation sites excluding steroid dienone is 1. The van der Waals surface area contributed by atoms with Gasteiger partial charge in [0, 0.05) is 49.6 Å². The number of ether oxygens (including phenoxy) is 2. The zero-order valence-electron chi connectivity index (χ0n) is 23.2. The van der Waals surface area contributed by atoms with Gasteiger partial charge < -0.3 is 14.8 Å². The Hall–Kier alpha value is -3.68. The van der Waals surface area contributed by atoms with Gasteiger partial charge in [-0.05, 0) is 55.2 Å². The SMILES string of the molecule is C#CCCCCCCOC1=NC(C)=C(c2cccnc2)CC1(NC(=O)c1cccc(C(F)(F)F)c1)N1CCOCC1. The van der Waals surface area contributed by atoms with Crippen molar-refractivity contribution < 1.29 is 27.4 Å². The number of unbranched alkanes of at least 4 members (excludes halogenated alkanes) is 4. The fourth-order valence-corrected chi connectivity index (χ4v) is 5.09. The van der Waals surface area contributed by atoms with Gasteiger partial charge in [-0.25, -0.2) is 4.99 Å². The highest BCUT2D eigenvalue weighted by atomic mass is 19.4. The van der Waals surface area contributed by atoms with Crippen LogP contribution in [0.25, 0.3) is 5.57 Å². The third-order valence-corrected chi connectivity index (χ3v) is 7.28. The first kappa shape index (κ1) is 30.3. The second kappa shape index (κ2) is 13.8. The number of aliphatic imine (C=N–C) groups is 1. The number of carbonyl (C=O) groups excluding carboxylic acids is 1. The van der Waals surface area contributed by atoms with Gasteiger partial charge in [0.1, 0.15) is 0 Å². The number of nitrogens with one attached hydrogen (secondary N) is 1. The zero-order chi connectivity index (χ0) is 29.3. The maximum Gasteiger partial charge on any atom is 0.416 e. The van der Waals surface area contributed by atoms with Gasteiger partial charge in [0.25, 0.3) is 5.91 Å². The molecular formula is C31H35F3N4O3. The normalized spacial score (nSPS) is 19.8. The lowest BCUT2D eigenvalue weighted by atomic mass is 9.88. The number of morpholine rings is 1. The topological polar surface area (TPSA) is 76.1 Å². The van der Waals surface area contributed by atoms with Crippen molar-refractivity contribution in [3.05, 3.63) is 71.2 Å². The largest absolute Gasteiger partial charge is 0.478 e. The van der Waals surface area contributed by atoms with Crippen LogP contribution in [0.3, 0.4) is 0 Å². The quantitative estimate of drug-likeness (QED) is 0.294. The molecule has 0 radical (unpaired) electrons. The number of terminal acetylenes is 1. The summed E-state index contributed by atoms with van der Waals surface area (Å²) in [6.45, 7) is 4.04. The summed E-state index contributed by atoms with van der Waals surface area (Å²) in [7, 11) is 0. The first-order valence-corrected chi connectivity index (χ1v) is 13.8. The molecule has 1 N–H and O–H groups in total. The van der Waals surface area contributed by atoms with Crippen molar-refractivity contribution in [2.24, 2.45) is 4.99 Å². The molecule has 1 amide bonds. The second-order valence-corrected chi connectivity index (χ2v) is 10.1. The molecule has 1 aromatic heterocycles. The minimum atomic E-state index is -4.58. The van der Waals surface area contributed by atoms with Gasteiger partial charge in [-0.2, -0.15) is 13.2 Å². The third-order valence-electron chi connectivity index (χ3n) is 7.28. The van der Waals surface area contributed by atoms with Gasteiger partial charge in [-0.3, -0.25) is 14.7 Å². The maximum absolute atomic E-state index is 13.7. The highest BCUT2D eigenvalue weighted by Crippen LogP contribution is 2.37. The van der Waals surface area contributed by atoms with Crippen LogP contribution >= 0.6 is 0 Å². The summed E-state index contributed by atoms with van der Waals surface area (Å²) in [5.41, 5.74) is 0.177. The number of carbonyl (C=O) groups is 1. The summed E-state index contributed by atoms with van der Waals surface area (Å²) in [6.07, 6.45) is 8.80. The Morgan fingerprint density at radius 1 is 1.17 bits per heavy atom. The van der Waals surface area contributed by atoms with E-state index < -0.39 is 23.3 Å². The predicted octanol–water partition coefficient (Wildman–Crippen LogP) is 5.69. The number of benzene rings is 1. The molecule has 2 aromatic rings. The fourth-order valence-electron chi connectivity index (χ4n) is 5.09. The predicted molar refractivity (Wildman–Crippen MR) is 151 cm³/mol. The molecule has 41 heavy (non-hydrogen) atoms. The molecule has 1 unspecified atom stereocenters. The lowest BCUT2D eigenvalue weighted by Crippen LogP contribution is -2.68. The lowest BCUT2D eigenvalue weighted by Gasteiger charge is -2.47. The molecule has 1 saturated heterocycles. The van der Waals surface area contributed by atoms with E-state index in [0.29, 0.717) is 38.8 Å². The minimum absolute atomic E-state index is 0.102. The highest BCUT2D eigenvalue weighted by Gasteiger charge is 2.49. The van der Waals surface area contributed by atoms with E-state index in [4.69, 9.17) is 20.9 Å². The summed E-state index contributed by atoms with van der Waals surface area (Å²) in [5.74, 6) is 2.30. The molecule has 0 bridgehead atoms. The smallest absolute Gasteiger partial charge is 0.416 e. The molecule has 2 aliphatic heterocycles. The molecule has 4 rings (SSSR count). The first-order valence-electron chi connectivity index (χ1n) is 13.8. The Morgan fingerprint density at radius 2 is 1.95 bits per heavy atom. The number of halogens is 3. The van der Waals surface area contributed by atoms with E-state index in [1.54, 1.807) is 12.4 Å². The van der Waals surface area contributed by atoms with E-state index in [1.165, 1.54) is 12.1 Å². The molecular weight excluding hydrogens is 533 g/mol. The van der Waals surface area contributed by atoms with Crippen molar-refractivity contribution in [2.45, 2.75) is 57.3 Å². The van der Waals surface area contributed by atoms with Crippen LogP contribution in [0.4, 0.5) is 13.2 Å². The summed E-state index contributed by atoms with van der Waals surface area (Å²) < 4.78 is 52.3. The second-order valence-electron chi connectivity index (χ2n) is 10.1. The molecule has 1 atom stereocenters. The third kappa shape index (κ3) is 7.54. The van der Waals surface area contributed by atoms with Gasteiger partial charge in [0.2, 0.25) is 5.90 Å². The monoisotopic (exact) mass is 568 g/mol. The van der Waals surface area contributed by atoms with E-state index in [-0.39, 0.29) is 12.0 Å².